The van der Waals surface area contributed by atoms with E-state index in [-0.39, 0.29) is 42.5 Å². The van der Waals surface area contributed by atoms with E-state index in [9.17, 15) is 29.1 Å². The minimum Gasteiger partial charge on any atom is -0.480 e. The topological polar surface area (TPSA) is 171 Å². The number of fused-ring (bicyclic) bond motifs is 3. The van der Waals surface area contributed by atoms with E-state index in [0.717, 1.165) is 11.1 Å². The van der Waals surface area contributed by atoms with Gasteiger partial charge >= 0.3 is 5.97 Å². The Hall–Kier alpha value is -4.87. The number of benzene rings is 3. The summed E-state index contributed by atoms with van der Waals surface area (Å²) in [6, 6.07) is 18.8. The molecule has 4 rings (SSSR count). The van der Waals surface area contributed by atoms with Gasteiger partial charge in [0.1, 0.15) is 12.6 Å². The number of rotatable bonds is 14. The molecule has 0 aliphatic heterocycles. The number of nitrogens with one attached hydrogen (secondary N) is 3. The normalized spacial score (nSPS) is 13.8. The SMILES string of the molecule is CC(C)C[C@@H](NC(=O)c1cccc2c1C(=O)c1ccccc1-2)C(=O)NC(COCc1ccccc1)C(O)C(=O)NCC(=O)O. The molecule has 3 amide bonds. The maximum Gasteiger partial charge on any atom is 0.322 e. The number of carboxylic acids is 1. The highest BCUT2D eigenvalue weighted by Crippen LogP contribution is 2.38. The van der Waals surface area contributed by atoms with Crippen molar-refractivity contribution in [3.8, 4) is 11.1 Å². The molecule has 230 valence electrons. The molecular weight excluding hydrogens is 566 g/mol. The Balaban J connectivity index is 1.52. The Morgan fingerprint density at radius 2 is 1.48 bits per heavy atom. The van der Waals surface area contributed by atoms with Gasteiger partial charge in [0.05, 0.1) is 24.8 Å². The van der Waals surface area contributed by atoms with Crippen molar-refractivity contribution in [3.63, 3.8) is 0 Å². The van der Waals surface area contributed by atoms with Crippen LogP contribution in [0, 0.1) is 5.92 Å². The summed E-state index contributed by atoms with van der Waals surface area (Å²) < 4.78 is 5.69. The number of carbonyl (C=O) groups excluding carboxylic acids is 4. The third-order valence-electron chi connectivity index (χ3n) is 7.13. The van der Waals surface area contributed by atoms with Gasteiger partial charge in [0, 0.05) is 11.1 Å². The van der Waals surface area contributed by atoms with Crippen LogP contribution in [0.2, 0.25) is 0 Å². The fraction of sp³-hybridized carbons (Fsp3) is 0.303. The Kier molecular flexibility index (Phi) is 10.6. The number of ether oxygens (including phenoxy) is 1. The van der Waals surface area contributed by atoms with Crippen molar-refractivity contribution in [2.75, 3.05) is 13.2 Å². The molecule has 0 bridgehead atoms. The van der Waals surface area contributed by atoms with E-state index in [2.05, 4.69) is 16.0 Å². The first-order chi connectivity index (χ1) is 21.1. The molecule has 44 heavy (non-hydrogen) atoms. The first-order valence-corrected chi connectivity index (χ1v) is 14.2. The molecule has 0 heterocycles. The average molecular weight is 602 g/mol. The summed E-state index contributed by atoms with van der Waals surface area (Å²) in [5.74, 6) is -3.95. The summed E-state index contributed by atoms with van der Waals surface area (Å²) >= 11 is 0. The second-order valence-electron chi connectivity index (χ2n) is 10.9. The third kappa shape index (κ3) is 7.74. The van der Waals surface area contributed by atoms with Gasteiger partial charge in [-0.25, -0.2) is 0 Å². The third-order valence-corrected chi connectivity index (χ3v) is 7.13. The van der Waals surface area contributed by atoms with Crippen molar-refractivity contribution < 1.29 is 38.9 Å². The molecule has 0 fully saturated rings. The van der Waals surface area contributed by atoms with Crippen LogP contribution in [0.5, 0.6) is 0 Å². The van der Waals surface area contributed by atoms with Crippen LogP contribution in [-0.4, -0.2) is 71.0 Å². The fourth-order valence-corrected chi connectivity index (χ4v) is 5.02. The Morgan fingerprint density at radius 1 is 0.818 bits per heavy atom. The number of hydrogen-bond acceptors (Lipinski definition) is 7. The molecule has 5 N–H and O–H groups in total. The minimum atomic E-state index is -1.85. The van der Waals surface area contributed by atoms with Gasteiger partial charge in [-0.15, -0.1) is 0 Å². The molecule has 0 saturated carbocycles. The molecule has 11 heteroatoms. The molecule has 0 saturated heterocycles. The largest absolute Gasteiger partial charge is 0.480 e. The van der Waals surface area contributed by atoms with Crippen molar-refractivity contribution in [3.05, 3.63) is 95.1 Å². The molecule has 0 aromatic heterocycles. The number of hydrogen-bond donors (Lipinski definition) is 5. The van der Waals surface area contributed by atoms with Crippen molar-refractivity contribution >= 4 is 29.5 Å². The lowest BCUT2D eigenvalue weighted by atomic mass is 9.98. The van der Waals surface area contributed by atoms with Crippen LogP contribution in [0.4, 0.5) is 0 Å². The summed E-state index contributed by atoms with van der Waals surface area (Å²) in [6.07, 6.45) is -1.64. The maximum absolute atomic E-state index is 13.6. The average Bonchev–Trinajstić information content (AvgIpc) is 3.30. The van der Waals surface area contributed by atoms with Gasteiger partial charge in [0.25, 0.3) is 11.8 Å². The predicted octanol–water partition coefficient (Wildman–Crippen LogP) is 2.31. The highest BCUT2D eigenvalue weighted by molar-refractivity contribution is 6.25. The number of aliphatic hydroxyl groups is 1. The number of aliphatic hydroxyl groups excluding tert-OH is 1. The van der Waals surface area contributed by atoms with E-state index in [4.69, 9.17) is 9.84 Å². The van der Waals surface area contributed by atoms with Gasteiger partial charge in [0.2, 0.25) is 5.91 Å². The lowest BCUT2D eigenvalue weighted by Crippen LogP contribution is -2.57. The van der Waals surface area contributed by atoms with Gasteiger partial charge in [0.15, 0.2) is 11.9 Å². The highest BCUT2D eigenvalue weighted by Gasteiger charge is 2.34. The van der Waals surface area contributed by atoms with Crippen molar-refractivity contribution in [2.45, 2.75) is 45.1 Å². The van der Waals surface area contributed by atoms with Crippen LogP contribution >= 0.6 is 0 Å². The minimum absolute atomic E-state index is 0.0463. The van der Waals surface area contributed by atoms with Crippen molar-refractivity contribution in [1.82, 2.24) is 16.0 Å². The molecule has 3 aromatic carbocycles. The molecule has 3 atom stereocenters. The van der Waals surface area contributed by atoms with Crippen LogP contribution in [0.3, 0.4) is 0 Å². The number of ketones is 1. The summed E-state index contributed by atoms with van der Waals surface area (Å²) in [5.41, 5.74) is 3.06. The highest BCUT2D eigenvalue weighted by atomic mass is 16.5. The molecule has 3 aromatic rings. The fourth-order valence-electron chi connectivity index (χ4n) is 5.02. The number of carbonyl (C=O) groups is 5. The molecular formula is C33H35N3O8. The zero-order chi connectivity index (χ0) is 31.8. The molecule has 11 nitrogen and oxygen atoms in total. The molecule has 1 aliphatic rings. The second-order valence-corrected chi connectivity index (χ2v) is 10.9. The Labute approximate surface area is 254 Å². The molecule has 2 unspecified atom stereocenters. The quantitative estimate of drug-likeness (QED) is 0.147. The summed E-state index contributed by atoms with van der Waals surface area (Å²) in [5, 5.41) is 27.1. The number of carboxylic acid groups (broad SMARTS) is 1. The first-order valence-electron chi connectivity index (χ1n) is 14.2. The Morgan fingerprint density at radius 3 is 2.16 bits per heavy atom. The number of aliphatic carboxylic acids is 1. The Bertz CT molecular complexity index is 1540. The molecule has 1 aliphatic carbocycles. The van der Waals surface area contributed by atoms with Crippen LogP contribution in [0.25, 0.3) is 11.1 Å². The van der Waals surface area contributed by atoms with Gasteiger partial charge < -0.3 is 30.9 Å². The van der Waals surface area contributed by atoms with Gasteiger partial charge in [-0.05, 0) is 35.1 Å². The van der Waals surface area contributed by atoms with E-state index < -0.39 is 48.4 Å². The summed E-state index contributed by atoms with van der Waals surface area (Å²) in [4.78, 5) is 63.8. The lowest BCUT2D eigenvalue weighted by Gasteiger charge is -2.27. The lowest BCUT2D eigenvalue weighted by molar-refractivity contribution is -0.141. The van der Waals surface area contributed by atoms with E-state index in [0.29, 0.717) is 11.1 Å². The maximum atomic E-state index is 13.6. The standard InChI is InChI=1S/C33H35N3O8/c1-19(2)15-25(35-31(41)24-14-8-13-22-21-11-6-7-12-23(21)29(39)28(22)24)32(42)36-26(30(40)33(43)34-16-27(37)38)18-44-17-20-9-4-3-5-10-20/h3-14,19,25-26,30,40H,15-18H2,1-2H3,(H,34,43)(H,35,41)(H,36,42)(H,37,38)/t25-,26?,30?/m1/s1. The first kappa shape index (κ1) is 32.1. The summed E-state index contributed by atoms with van der Waals surface area (Å²) in [7, 11) is 0. The zero-order valence-corrected chi connectivity index (χ0v) is 24.4. The molecule has 0 radical (unpaired) electrons. The summed E-state index contributed by atoms with van der Waals surface area (Å²) in [6.45, 7) is 2.84. The van der Waals surface area contributed by atoms with Crippen molar-refractivity contribution in [2.24, 2.45) is 5.92 Å². The van der Waals surface area contributed by atoms with Gasteiger partial charge in [-0.3, -0.25) is 24.0 Å². The predicted molar refractivity (Wildman–Crippen MR) is 161 cm³/mol. The zero-order valence-electron chi connectivity index (χ0n) is 24.4. The van der Waals surface area contributed by atoms with E-state index in [1.807, 2.05) is 56.3 Å². The van der Waals surface area contributed by atoms with Crippen LogP contribution in [0.15, 0.2) is 72.8 Å². The van der Waals surface area contributed by atoms with E-state index in [1.54, 1.807) is 24.3 Å². The smallest absolute Gasteiger partial charge is 0.322 e. The van der Waals surface area contributed by atoms with Crippen LogP contribution < -0.4 is 16.0 Å². The van der Waals surface area contributed by atoms with Crippen molar-refractivity contribution in [1.29, 1.82) is 0 Å². The monoisotopic (exact) mass is 601 g/mol. The van der Waals surface area contributed by atoms with E-state index >= 15 is 0 Å². The van der Waals surface area contributed by atoms with Crippen LogP contribution in [-0.2, 0) is 25.7 Å². The van der Waals surface area contributed by atoms with Crippen LogP contribution in [0.1, 0.15) is 52.1 Å². The van der Waals surface area contributed by atoms with Gasteiger partial charge in [-0.2, -0.15) is 0 Å². The van der Waals surface area contributed by atoms with E-state index in [1.165, 1.54) is 6.07 Å². The second kappa shape index (κ2) is 14.5. The van der Waals surface area contributed by atoms with Gasteiger partial charge in [-0.1, -0.05) is 80.6 Å². The molecule has 0 spiro atoms. The number of amides is 3.